The van der Waals surface area contributed by atoms with Gasteiger partial charge in [-0.1, -0.05) is 13.8 Å². The van der Waals surface area contributed by atoms with Crippen LogP contribution < -0.4 is 10.6 Å². The van der Waals surface area contributed by atoms with Crippen LogP contribution in [0.4, 0.5) is 0 Å². The number of carbonyl (C=O) groups excluding carboxylic acids is 1. The Morgan fingerprint density at radius 2 is 2.12 bits per heavy atom. The molecule has 98 valence electrons. The van der Waals surface area contributed by atoms with E-state index < -0.39 is 0 Å². The van der Waals surface area contributed by atoms with Gasteiger partial charge in [0, 0.05) is 18.6 Å². The van der Waals surface area contributed by atoms with Gasteiger partial charge in [-0.05, 0) is 32.7 Å². The van der Waals surface area contributed by atoms with E-state index in [-0.39, 0.29) is 29.0 Å². The molecule has 2 fully saturated rings. The minimum atomic E-state index is -0.117. The van der Waals surface area contributed by atoms with Crippen molar-refractivity contribution in [1.29, 1.82) is 0 Å². The molecule has 3 atom stereocenters. The predicted octanol–water partition coefficient (Wildman–Crippen LogP) is 1.06. The van der Waals surface area contributed by atoms with Gasteiger partial charge in [-0.2, -0.15) is 0 Å². The van der Waals surface area contributed by atoms with E-state index in [1.54, 1.807) is 7.11 Å². The maximum atomic E-state index is 12.0. The average molecular weight is 240 g/mol. The van der Waals surface area contributed by atoms with Crippen molar-refractivity contribution < 1.29 is 9.53 Å². The molecule has 17 heavy (non-hydrogen) atoms. The summed E-state index contributed by atoms with van der Waals surface area (Å²) in [6.45, 7) is 7.39. The Labute approximate surface area is 103 Å². The van der Waals surface area contributed by atoms with Crippen LogP contribution in [0, 0.1) is 5.41 Å². The van der Waals surface area contributed by atoms with E-state index in [1.165, 1.54) is 0 Å². The van der Waals surface area contributed by atoms with Gasteiger partial charge in [0.05, 0.1) is 11.6 Å². The topological polar surface area (TPSA) is 50.4 Å². The minimum absolute atomic E-state index is 0.00395. The van der Waals surface area contributed by atoms with E-state index in [0.29, 0.717) is 0 Å². The Kier molecular flexibility index (Phi) is 3.21. The zero-order chi connectivity index (χ0) is 12.7. The van der Waals surface area contributed by atoms with Gasteiger partial charge in [-0.25, -0.2) is 0 Å². The van der Waals surface area contributed by atoms with E-state index in [9.17, 15) is 4.79 Å². The SMILES string of the molecule is COC1(C)CC(NC(=O)C2CCCN2)C1(C)C. The molecule has 2 N–H and O–H groups in total. The predicted molar refractivity (Wildman–Crippen MR) is 66.8 cm³/mol. The fourth-order valence-corrected chi connectivity index (χ4v) is 2.90. The minimum Gasteiger partial charge on any atom is -0.378 e. The number of amides is 1. The molecule has 0 bridgehead atoms. The first-order valence-corrected chi connectivity index (χ1v) is 6.49. The summed E-state index contributed by atoms with van der Waals surface area (Å²) < 4.78 is 5.56. The van der Waals surface area contributed by atoms with E-state index in [0.717, 1.165) is 25.8 Å². The van der Waals surface area contributed by atoms with Gasteiger partial charge < -0.3 is 15.4 Å². The molecule has 2 aliphatic rings. The maximum absolute atomic E-state index is 12.0. The average Bonchev–Trinajstić information content (AvgIpc) is 2.81. The molecule has 1 aliphatic heterocycles. The summed E-state index contributed by atoms with van der Waals surface area (Å²) in [6.07, 6.45) is 2.96. The number of rotatable bonds is 3. The van der Waals surface area contributed by atoms with Crippen LogP contribution in [-0.4, -0.2) is 37.2 Å². The lowest BCUT2D eigenvalue weighted by molar-refractivity contribution is -0.182. The van der Waals surface area contributed by atoms with Crippen molar-refractivity contribution in [1.82, 2.24) is 10.6 Å². The van der Waals surface area contributed by atoms with E-state index in [1.807, 2.05) is 0 Å². The number of carbonyl (C=O) groups is 1. The van der Waals surface area contributed by atoms with Gasteiger partial charge in [0.25, 0.3) is 0 Å². The third-order valence-electron chi connectivity index (χ3n) is 4.97. The van der Waals surface area contributed by atoms with E-state index in [2.05, 4.69) is 31.4 Å². The van der Waals surface area contributed by atoms with Crippen LogP contribution in [0.25, 0.3) is 0 Å². The molecule has 0 aromatic carbocycles. The second-order valence-corrected chi connectivity index (χ2v) is 6.07. The van der Waals surface area contributed by atoms with Crippen molar-refractivity contribution in [2.45, 2.75) is 57.7 Å². The zero-order valence-corrected chi connectivity index (χ0v) is 11.3. The van der Waals surface area contributed by atoms with Crippen molar-refractivity contribution in [3.63, 3.8) is 0 Å². The first-order valence-electron chi connectivity index (χ1n) is 6.49. The number of hydrogen-bond donors (Lipinski definition) is 2. The normalized spacial score (nSPS) is 39.8. The Balaban J connectivity index is 1.91. The molecule has 0 spiro atoms. The van der Waals surface area contributed by atoms with Gasteiger partial charge in [0.1, 0.15) is 0 Å². The number of methoxy groups -OCH3 is 1. The van der Waals surface area contributed by atoms with Crippen LogP contribution in [0.15, 0.2) is 0 Å². The summed E-state index contributed by atoms with van der Waals surface area (Å²) in [7, 11) is 1.75. The standard InChI is InChI=1S/C13H24N2O2/c1-12(2)10(8-13(12,3)17-4)15-11(16)9-6-5-7-14-9/h9-10,14H,5-8H2,1-4H3,(H,15,16). The fraction of sp³-hybridized carbons (Fsp3) is 0.923. The molecule has 0 aromatic rings. The van der Waals surface area contributed by atoms with Crippen LogP contribution in [0.1, 0.15) is 40.0 Å². The molecule has 0 aromatic heterocycles. The van der Waals surface area contributed by atoms with E-state index in [4.69, 9.17) is 4.74 Å². The third kappa shape index (κ3) is 1.97. The van der Waals surface area contributed by atoms with Crippen molar-refractivity contribution in [3.05, 3.63) is 0 Å². The fourth-order valence-electron chi connectivity index (χ4n) is 2.90. The second kappa shape index (κ2) is 4.25. The van der Waals surface area contributed by atoms with Crippen LogP contribution in [0.5, 0.6) is 0 Å². The third-order valence-corrected chi connectivity index (χ3v) is 4.97. The van der Waals surface area contributed by atoms with Gasteiger partial charge in [-0.3, -0.25) is 4.79 Å². The highest BCUT2D eigenvalue weighted by atomic mass is 16.5. The molecule has 1 saturated heterocycles. The maximum Gasteiger partial charge on any atom is 0.237 e. The van der Waals surface area contributed by atoms with Gasteiger partial charge >= 0.3 is 0 Å². The first kappa shape index (κ1) is 12.8. The van der Waals surface area contributed by atoms with Crippen LogP contribution in [0.3, 0.4) is 0 Å². The number of hydrogen-bond acceptors (Lipinski definition) is 3. The monoisotopic (exact) mass is 240 g/mol. The summed E-state index contributed by atoms with van der Waals surface area (Å²) in [5.41, 5.74) is -0.121. The highest BCUT2D eigenvalue weighted by Crippen LogP contribution is 2.51. The van der Waals surface area contributed by atoms with Gasteiger partial charge in [-0.15, -0.1) is 0 Å². The second-order valence-electron chi connectivity index (χ2n) is 6.07. The van der Waals surface area contributed by atoms with Crippen LogP contribution >= 0.6 is 0 Å². The van der Waals surface area contributed by atoms with Crippen molar-refractivity contribution in [2.75, 3.05) is 13.7 Å². The Bertz CT molecular complexity index is 311. The summed E-state index contributed by atoms with van der Waals surface area (Å²) in [4.78, 5) is 12.0. The highest BCUT2D eigenvalue weighted by Gasteiger charge is 2.58. The van der Waals surface area contributed by atoms with Crippen molar-refractivity contribution >= 4 is 5.91 Å². The molecule has 1 saturated carbocycles. The molecular weight excluding hydrogens is 216 g/mol. The van der Waals surface area contributed by atoms with Crippen LogP contribution in [0.2, 0.25) is 0 Å². The van der Waals surface area contributed by atoms with Gasteiger partial charge in [0.2, 0.25) is 5.91 Å². The Hall–Kier alpha value is -0.610. The Morgan fingerprint density at radius 3 is 2.59 bits per heavy atom. The largest absolute Gasteiger partial charge is 0.378 e. The lowest BCUT2D eigenvalue weighted by Crippen LogP contribution is -2.69. The summed E-state index contributed by atoms with van der Waals surface area (Å²) in [5.74, 6) is 0.152. The first-order chi connectivity index (χ1) is 7.90. The molecular formula is C13H24N2O2. The Morgan fingerprint density at radius 1 is 1.41 bits per heavy atom. The molecule has 0 radical (unpaired) electrons. The molecule has 4 nitrogen and oxygen atoms in total. The van der Waals surface area contributed by atoms with Crippen molar-refractivity contribution in [3.8, 4) is 0 Å². The number of ether oxygens (including phenoxy) is 1. The van der Waals surface area contributed by atoms with E-state index >= 15 is 0 Å². The quantitative estimate of drug-likeness (QED) is 0.775. The molecule has 1 aliphatic carbocycles. The molecule has 2 rings (SSSR count). The lowest BCUT2D eigenvalue weighted by Gasteiger charge is -2.59. The van der Waals surface area contributed by atoms with Gasteiger partial charge in [0.15, 0.2) is 0 Å². The lowest BCUT2D eigenvalue weighted by atomic mass is 9.56. The summed E-state index contributed by atoms with van der Waals surface area (Å²) in [6, 6.07) is 0.238. The number of nitrogens with one attached hydrogen (secondary N) is 2. The molecule has 1 amide bonds. The summed E-state index contributed by atoms with van der Waals surface area (Å²) >= 11 is 0. The summed E-state index contributed by atoms with van der Waals surface area (Å²) in [5, 5.41) is 6.39. The molecule has 3 unspecified atom stereocenters. The van der Waals surface area contributed by atoms with Crippen molar-refractivity contribution in [2.24, 2.45) is 5.41 Å². The van der Waals surface area contributed by atoms with Crippen LogP contribution in [-0.2, 0) is 9.53 Å². The zero-order valence-electron chi connectivity index (χ0n) is 11.3. The smallest absolute Gasteiger partial charge is 0.237 e. The molecule has 1 heterocycles. The molecule has 4 heteroatoms. The highest BCUT2D eigenvalue weighted by molar-refractivity contribution is 5.82.